The number of hydrogen-bond acceptors (Lipinski definition) is 4. The van der Waals surface area contributed by atoms with Crippen molar-refractivity contribution in [3.63, 3.8) is 0 Å². The molecular weight excluding hydrogens is 230 g/mol. The number of ketones is 1. The van der Waals surface area contributed by atoms with Crippen LogP contribution >= 0.6 is 0 Å². The number of rotatable bonds is 3. The quantitative estimate of drug-likeness (QED) is 0.779. The lowest BCUT2D eigenvalue weighted by molar-refractivity contribution is 0.101. The average molecular weight is 245 g/mol. The molecule has 0 radical (unpaired) electrons. The first kappa shape index (κ1) is 12.3. The molecular formula is C13H15N3O2. The molecule has 2 aromatic heterocycles. The molecule has 0 bridgehead atoms. The molecule has 0 amide bonds. The minimum atomic E-state index is -0.0599. The molecule has 0 spiro atoms. The number of nitrogens with zero attached hydrogens (tertiary/aromatic N) is 3. The van der Waals surface area contributed by atoms with Gasteiger partial charge < -0.3 is 4.74 Å². The van der Waals surface area contributed by atoms with Crippen LogP contribution in [0.4, 0.5) is 0 Å². The highest BCUT2D eigenvalue weighted by molar-refractivity contribution is 5.92. The molecule has 94 valence electrons. The molecule has 0 aliphatic rings. The Morgan fingerprint density at radius 3 is 2.50 bits per heavy atom. The predicted molar refractivity (Wildman–Crippen MR) is 67.0 cm³/mol. The second-order valence-electron chi connectivity index (χ2n) is 4.16. The van der Waals surface area contributed by atoms with Gasteiger partial charge >= 0.3 is 0 Å². The van der Waals surface area contributed by atoms with E-state index >= 15 is 0 Å². The molecule has 2 aromatic rings. The Morgan fingerprint density at radius 2 is 2.06 bits per heavy atom. The van der Waals surface area contributed by atoms with E-state index in [1.807, 2.05) is 20.9 Å². The largest absolute Gasteiger partial charge is 0.452 e. The van der Waals surface area contributed by atoms with Gasteiger partial charge in [0.2, 0.25) is 0 Å². The Hall–Kier alpha value is -2.17. The average Bonchev–Trinajstić information content (AvgIpc) is 2.57. The molecule has 2 rings (SSSR count). The second kappa shape index (κ2) is 4.60. The van der Waals surface area contributed by atoms with Crippen LogP contribution in [-0.2, 0) is 7.05 Å². The molecule has 0 saturated carbocycles. The highest BCUT2D eigenvalue weighted by atomic mass is 16.5. The minimum Gasteiger partial charge on any atom is -0.452 e. The fraction of sp³-hybridized carbons (Fsp3) is 0.308. The zero-order valence-corrected chi connectivity index (χ0v) is 10.9. The molecule has 0 atom stereocenters. The predicted octanol–water partition coefficient (Wildman–Crippen LogP) is 2.43. The summed E-state index contributed by atoms with van der Waals surface area (Å²) in [5.74, 6) is 1.27. The fourth-order valence-corrected chi connectivity index (χ4v) is 1.67. The van der Waals surface area contributed by atoms with Gasteiger partial charge in [-0.15, -0.1) is 0 Å². The van der Waals surface area contributed by atoms with E-state index in [4.69, 9.17) is 4.74 Å². The normalized spacial score (nSPS) is 10.4. The lowest BCUT2D eigenvalue weighted by atomic mass is 10.3. The van der Waals surface area contributed by atoms with Gasteiger partial charge in [0.25, 0.3) is 0 Å². The third kappa shape index (κ3) is 2.25. The summed E-state index contributed by atoms with van der Waals surface area (Å²) in [6.45, 7) is 5.31. The van der Waals surface area contributed by atoms with Crippen molar-refractivity contribution in [1.29, 1.82) is 0 Å². The van der Waals surface area contributed by atoms with Crippen molar-refractivity contribution < 1.29 is 9.53 Å². The highest BCUT2D eigenvalue weighted by Crippen LogP contribution is 2.27. The SMILES string of the molecule is CC(=O)c1ccc(Oc2c(C)nn(C)c2C)cn1. The van der Waals surface area contributed by atoms with Crippen LogP contribution in [-0.4, -0.2) is 20.5 Å². The Bertz CT molecular complexity index is 585. The molecule has 0 N–H and O–H groups in total. The van der Waals surface area contributed by atoms with Crippen LogP contribution in [0, 0.1) is 13.8 Å². The van der Waals surface area contributed by atoms with Crippen LogP contribution in [0.3, 0.4) is 0 Å². The number of ether oxygens (including phenoxy) is 1. The third-order valence-electron chi connectivity index (χ3n) is 2.76. The van der Waals surface area contributed by atoms with Crippen LogP contribution in [0.25, 0.3) is 0 Å². The van der Waals surface area contributed by atoms with E-state index in [1.165, 1.54) is 6.92 Å². The number of aryl methyl sites for hydroxylation is 2. The van der Waals surface area contributed by atoms with E-state index in [-0.39, 0.29) is 5.78 Å². The van der Waals surface area contributed by atoms with Crippen molar-refractivity contribution in [2.75, 3.05) is 0 Å². The molecule has 0 unspecified atom stereocenters. The van der Waals surface area contributed by atoms with Gasteiger partial charge in [-0.05, 0) is 26.0 Å². The highest BCUT2D eigenvalue weighted by Gasteiger charge is 2.12. The van der Waals surface area contributed by atoms with E-state index in [0.717, 1.165) is 17.1 Å². The number of Topliss-reactive ketones (excluding diaryl/α,β-unsaturated/α-hetero) is 1. The van der Waals surface area contributed by atoms with Crippen molar-refractivity contribution in [2.45, 2.75) is 20.8 Å². The Balaban J connectivity index is 2.26. The molecule has 0 saturated heterocycles. The van der Waals surface area contributed by atoms with Gasteiger partial charge in [0.05, 0.1) is 11.9 Å². The first-order valence-electron chi connectivity index (χ1n) is 5.64. The number of hydrogen-bond donors (Lipinski definition) is 0. The summed E-state index contributed by atoms with van der Waals surface area (Å²) in [6, 6.07) is 3.38. The van der Waals surface area contributed by atoms with Gasteiger partial charge in [-0.2, -0.15) is 5.10 Å². The fourth-order valence-electron chi connectivity index (χ4n) is 1.67. The molecule has 0 aromatic carbocycles. The van der Waals surface area contributed by atoms with Gasteiger partial charge in [0, 0.05) is 14.0 Å². The molecule has 5 heteroatoms. The van der Waals surface area contributed by atoms with Gasteiger partial charge in [0.15, 0.2) is 11.5 Å². The van der Waals surface area contributed by atoms with Gasteiger partial charge in [-0.3, -0.25) is 9.48 Å². The second-order valence-corrected chi connectivity index (χ2v) is 4.16. The minimum absolute atomic E-state index is 0.0599. The molecule has 18 heavy (non-hydrogen) atoms. The summed E-state index contributed by atoms with van der Waals surface area (Å²) in [7, 11) is 1.87. The zero-order chi connectivity index (χ0) is 13.3. The van der Waals surface area contributed by atoms with Crippen LogP contribution < -0.4 is 4.74 Å². The lowest BCUT2D eigenvalue weighted by Gasteiger charge is -2.05. The van der Waals surface area contributed by atoms with E-state index in [9.17, 15) is 4.79 Å². The standard InChI is InChI=1S/C13H15N3O2/c1-8-13(9(2)16(4)15-8)18-11-5-6-12(10(3)17)14-7-11/h5-7H,1-4H3. The summed E-state index contributed by atoms with van der Waals surface area (Å²) < 4.78 is 7.50. The Labute approximate surface area is 105 Å². The molecule has 0 aliphatic heterocycles. The summed E-state index contributed by atoms with van der Waals surface area (Å²) >= 11 is 0. The Morgan fingerprint density at radius 1 is 1.33 bits per heavy atom. The van der Waals surface area contributed by atoms with E-state index in [2.05, 4.69) is 10.1 Å². The summed E-state index contributed by atoms with van der Waals surface area (Å²) in [5.41, 5.74) is 2.20. The van der Waals surface area contributed by atoms with Crippen molar-refractivity contribution >= 4 is 5.78 Å². The maximum absolute atomic E-state index is 11.1. The first-order chi connectivity index (χ1) is 8.49. The maximum Gasteiger partial charge on any atom is 0.178 e. The van der Waals surface area contributed by atoms with Crippen LogP contribution in [0.15, 0.2) is 18.3 Å². The first-order valence-corrected chi connectivity index (χ1v) is 5.64. The lowest BCUT2D eigenvalue weighted by Crippen LogP contribution is -1.96. The summed E-state index contributed by atoms with van der Waals surface area (Å²) in [6.07, 6.45) is 1.54. The Kier molecular flexibility index (Phi) is 3.14. The topological polar surface area (TPSA) is 57.0 Å². The van der Waals surface area contributed by atoms with Crippen LogP contribution in [0.5, 0.6) is 11.5 Å². The van der Waals surface area contributed by atoms with Crippen molar-refractivity contribution in [2.24, 2.45) is 7.05 Å². The van der Waals surface area contributed by atoms with Crippen molar-refractivity contribution in [1.82, 2.24) is 14.8 Å². The molecule has 0 aliphatic carbocycles. The summed E-state index contributed by atoms with van der Waals surface area (Å²) in [5, 5.41) is 4.27. The number of aromatic nitrogens is 3. The van der Waals surface area contributed by atoms with Gasteiger partial charge in [0.1, 0.15) is 17.1 Å². The third-order valence-corrected chi connectivity index (χ3v) is 2.76. The van der Waals surface area contributed by atoms with Crippen LogP contribution in [0.2, 0.25) is 0 Å². The summed E-state index contributed by atoms with van der Waals surface area (Å²) in [4.78, 5) is 15.1. The monoisotopic (exact) mass is 245 g/mol. The van der Waals surface area contributed by atoms with Crippen LogP contribution in [0.1, 0.15) is 28.8 Å². The van der Waals surface area contributed by atoms with Gasteiger partial charge in [-0.1, -0.05) is 0 Å². The van der Waals surface area contributed by atoms with E-state index in [1.54, 1.807) is 23.0 Å². The number of carbonyl (C=O) groups excluding carboxylic acids is 1. The van der Waals surface area contributed by atoms with Crippen molar-refractivity contribution in [3.8, 4) is 11.5 Å². The molecule has 5 nitrogen and oxygen atoms in total. The van der Waals surface area contributed by atoms with E-state index < -0.39 is 0 Å². The number of pyridine rings is 1. The zero-order valence-electron chi connectivity index (χ0n) is 10.9. The smallest absolute Gasteiger partial charge is 0.178 e. The number of carbonyl (C=O) groups is 1. The maximum atomic E-state index is 11.1. The van der Waals surface area contributed by atoms with Gasteiger partial charge in [-0.25, -0.2) is 4.98 Å². The van der Waals surface area contributed by atoms with E-state index in [0.29, 0.717) is 11.4 Å². The molecule has 0 fully saturated rings. The molecule has 2 heterocycles. The van der Waals surface area contributed by atoms with Crippen molar-refractivity contribution in [3.05, 3.63) is 35.4 Å².